The minimum absolute atomic E-state index is 0.0258. The van der Waals surface area contributed by atoms with Crippen LogP contribution in [-0.4, -0.2) is 43.1 Å². The first-order valence-electron chi connectivity index (χ1n) is 7.98. The normalized spacial score (nSPS) is 25.8. The number of nitrogens with two attached hydrogens (primary N) is 1. The highest BCUT2D eigenvalue weighted by atomic mass is 19.1. The van der Waals surface area contributed by atoms with Gasteiger partial charge in [-0.15, -0.1) is 0 Å². The van der Waals surface area contributed by atoms with Crippen molar-refractivity contribution in [1.82, 2.24) is 14.5 Å². The van der Waals surface area contributed by atoms with Crippen LogP contribution in [0.4, 0.5) is 14.6 Å². The molecule has 9 heteroatoms. The molecule has 1 saturated heterocycles. The van der Waals surface area contributed by atoms with Crippen molar-refractivity contribution >= 4 is 16.9 Å². The fourth-order valence-electron chi connectivity index (χ4n) is 3.24. The molecule has 2 aromatic heterocycles. The Hall–Kier alpha value is -2.62. The van der Waals surface area contributed by atoms with Gasteiger partial charge in [-0.1, -0.05) is 12.1 Å². The zero-order chi connectivity index (χ0) is 18.4. The number of nitrogen functional groups attached to an aromatic ring is 1. The molecule has 3 aromatic rings. The molecule has 7 nitrogen and oxygen atoms in total. The summed E-state index contributed by atoms with van der Waals surface area (Å²) in [5.41, 5.74) is 6.58. The summed E-state index contributed by atoms with van der Waals surface area (Å²) in [4.78, 5) is 7.75. The Morgan fingerprint density at radius 3 is 2.58 bits per heavy atom. The third kappa shape index (κ3) is 2.70. The highest BCUT2D eigenvalue weighted by molar-refractivity contribution is 5.86. The summed E-state index contributed by atoms with van der Waals surface area (Å²) in [7, 11) is 0. The molecular formula is C17H16F2N4O3. The van der Waals surface area contributed by atoms with E-state index in [0.29, 0.717) is 0 Å². The summed E-state index contributed by atoms with van der Waals surface area (Å²) in [5, 5.41) is 20.7. The molecule has 0 amide bonds. The molecule has 4 unspecified atom stereocenters. The first-order valence-corrected chi connectivity index (χ1v) is 7.98. The van der Waals surface area contributed by atoms with E-state index in [9.17, 15) is 19.0 Å². The molecule has 26 heavy (non-hydrogen) atoms. The van der Waals surface area contributed by atoms with Gasteiger partial charge in [0.2, 0.25) is 0 Å². The largest absolute Gasteiger partial charge is 0.388 e. The van der Waals surface area contributed by atoms with Crippen LogP contribution in [0, 0.1) is 11.6 Å². The molecule has 4 atom stereocenters. The maximum atomic E-state index is 14.2. The average molecular weight is 362 g/mol. The van der Waals surface area contributed by atoms with Crippen molar-refractivity contribution in [2.75, 3.05) is 5.73 Å². The van der Waals surface area contributed by atoms with Gasteiger partial charge in [0.1, 0.15) is 30.2 Å². The molecular weight excluding hydrogens is 346 g/mol. The molecule has 1 aromatic carbocycles. The van der Waals surface area contributed by atoms with Crippen molar-refractivity contribution in [2.24, 2.45) is 0 Å². The maximum absolute atomic E-state index is 14.2. The third-order valence-corrected chi connectivity index (χ3v) is 4.55. The number of halogens is 2. The average Bonchev–Trinajstić information content (AvgIpc) is 3.09. The lowest BCUT2D eigenvalue weighted by Gasteiger charge is -2.17. The number of fused-ring (bicyclic) bond motifs is 1. The Morgan fingerprint density at radius 2 is 1.85 bits per heavy atom. The van der Waals surface area contributed by atoms with E-state index < -0.39 is 30.4 Å². The van der Waals surface area contributed by atoms with Crippen LogP contribution >= 0.6 is 0 Å². The number of anilines is 1. The molecule has 1 aliphatic heterocycles. The quantitative estimate of drug-likeness (QED) is 0.645. The monoisotopic (exact) mass is 362 g/mol. The van der Waals surface area contributed by atoms with Gasteiger partial charge in [0.05, 0.1) is 11.5 Å². The number of aliphatic hydroxyl groups excluding tert-OH is 2. The Morgan fingerprint density at radius 1 is 1.12 bits per heavy atom. The van der Waals surface area contributed by atoms with Crippen molar-refractivity contribution in [3.05, 3.63) is 54.0 Å². The van der Waals surface area contributed by atoms with Crippen LogP contribution in [0.15, 0.2) is 36.8 Å². The van der Waals surface area contributed by atoms with Gasteiger partial charge in [-0.05, 0) is 17.7 Å². The van der Waals surface area contributed by atoms with E-state index in [-0.39, 0.29) is 29.1 Å². The molecule has 136 valence electrons. The summed E-state index contributed by atoms with van der Waals surface area (Å²) in [6.45, 7) is 0. The Labute approximate surface area is 146 Å². The molecule has 0 aliphatic carbocycles. The first-order chi connectivity index (χ1) is 12.5. The second kappa shape index (κ2) is 6.27. The summed E-state index contributed by atoms with van der Waals surface area (Å²) >= 11 is 0. The van der Waals surface area contributed by atoms with Gasteiger partial charge in [0, 0.05) is 12.6 Å². The third-order valence-electron chi connectivity index (χ3n) is 4.55. The fourth-order valence-corrected chi connectivity index (χ4v) is 3.24. The molecule has 4 rings (SSSR count). The van der Waals surface area contributed by atoms with Gasteiger partial charge in [0.25, 0.3) is 0 Å². The van der Waals surface area contributed by atoms with Crippen molar-refractivity contribution in [1.29, 1.82) is 0 Å². The zero-order valence-electron chi connectivity index (χ0n) is 13.5. The van der Waals surface area contributed by atoms with Crippen LogP contribution in [-0.2, 0) is 11.2 Å². The lowest BCUT2D eigenvalue weighted by atomic mass is 10.0. The Bertz CT molecular complexity index is 947. The second-order valence-corrected chi connectivity index (χ2v) is 6.22. The molecule has 1 fully saturated rings. The van der Waals surface area contributed by atoms with Crippen LogP contribution in [0.2, 0.25) is 0 Å². The Kier molecular flexibility index (Phi) is 4.06. The van der Waals surface area contributed by atoms with E-state index >= 15 is 0 Å². The second-order valence-electron chi connectivity index (χ2n) is 6.22. The van der Waals surface area contributed by atoms with Crippen LogP contribution in [0.25, 0.3) is 11.0 Å². The number of aromatic nitrogens is 3. The first kappa shape index (κ1) is 16.8. The van der Waals surface area contributed by atoms with E-state index in [0.717, 1.165) is 11.8 Å². The van der Waals surface area contributed by atoms with Crippen LogP contribution < -0.4 is 5.73 Å². The summed E-state index contributed by atoms with van der Waals surface area (Å²) in [5.74, 6) is -1.04. The van der Waals surface area contributed by atoms with Crippen molar-refractivity contribution in [3.63, 3.8) is 0 Å². The van der Waals surface area contributed by atoms with Crippen molar-refractivity contribution in [2.45, 2.75) is 31.0 Å². The van der Waals surface area contributed by atoms with Gasteiger partial charge >= 0.3 is 0 Å². The highest BCUT2D eigenvalue weighted by Crippen LogP contribution is 2.35. The molecule has 4 N–H and O–H groups in total. The van der Waals surface area contributed by atoms with Crippen molar-refractivity contribution in [3.8, 4) is 0 Å². The van der Waals surface area contributed by atoms with Crippen LogP contribution in [0.1, 0.15) is 11.8 Å². The smallest absolute Gasteiger partial charge is 0.164 e. The number of rotatable bonds is 3. The predicted octanol–water partition coefficient (Wildman–Crippen LogP) is 1.15. The van der Waals surface area contributed by atoms with E-state index in [2.05, 4.69) is 9.97 Å². The van der Waals surface area contributed by atoms with Crippen LogP contribution in [0.5, 0.6) is 0 Å². The number of hydrogen-bond donors (Lipinski definition) is 3. The van der Waals surface area contributed by atoms with E-state index in [4.69, 9.17) is 10.5 Å². The number of ether oxygens (including phenoxy) is 1. The summed E-state index contributed by atoms with van der Waals surface area (Å²) in [6, 6.07) is 5.76. The fraction of sp³-hybridized carbons (Fsp3) is 0.294. The lowest BCUT2D eigenvalue weighted by molar-refractivity contribution is -0.0344. The highest BCUT2D eigenvalue weighted by Gasteiger charge is 2.44. The number of nitrogens with zero attached hydrogens (tertiary/aromatic N) is 3. The molecule has 0 bridgehead atoms. The van der Waals surface area contributed by atoms with Crippen LogP contribution in [0.3, 0.4) is 0 Å². The molecule has 0 radical (unpaired) electrons. The van der Waals surface area contributed by atoms with Gasteiger partial charge in [0.15, 0.2) is 17.7 Å². The topological polar surface area (TPSA) is 106 Å². The van der Waals surface area contributed by atoms with E-state index in [1.807, 2.05) is 0 Å². The van der Waals surface area contributed by atoms with Gasteiger partial charge in [-0.3, -0.25) is 0 Å². The number of benzene rings is 1. The molecule has 1 aliphatic rings. The predicted molar refractivity (Wildman–Crippen MR) is 87.9 cm³/mol. The SMILES string of the molecule is Nc1ncnc2c1c(F)cn2C1OC(Cc2ccc(F)cc2)C(O)C1O. The zero-order valence-corrected chi connectivity index (χ0v) is 13.5. The minimum Gasteiger partial charge on any atom is -0.388 e. The van der Waals surface area contributed by atoms with E-state index in [1.165, 1.54) is 23.0 Å². The van der Waals surface area contributed by atoms with Crippen molar-refractivity contribution < 1.29 is 23.7 Å². The van der Waals surface area contributed by atoms with Gasteiger partial charge in [-0.25, -0.2) is 18.7 Å². The van der Waals surface area contributed by atoms with Gasteiger partial charge < -0.3 is 25.3 Å². The number of aliphatic hydroxyl groups is 2. The Balaban J connectivity index is 1.64. The lowest BCUT2D eigenvalue weighted by Crippen LogP contribution is -2.32. The van der Waals surface area contributed by atoms with E-state index in [1.54, 1.807) is 12.1 Å². The molecule has 0 spiro atoms. The standard InChI is InChI=1S/C17H16F2N4O3/c18-9-3-1-8(2-4-9)5-11-13(24)14(25)17(26-11)23-6-10(19)12-15(20)21-7-22-16(12)23/h1-4,6-7,11,13-14,17,24-25H,5H2,(H2,20,21,22). The minimum atomic E-state index is -1.30. The summed E-state index contributed by atoms with van der Waals surface area (Å²) < 4.78 is 34.3. The summed E-state index contributed by atoms with van der Waals surface area (Å²) in [6.07, 6.45) is -1.75. The van der Waals surface area contributed by atoms with Gasteiger partial charge in [-0.2, -0.15) is 0 Å². The molecule has 0 saturated carbocycles. The molecule has 3 heterocycles. The maximum Gasteiger partial charge on any atom is 0.164 e. The number of hydrogen-bond acceptors (Lipinski definition) is 6.